The predicted molar refractivity (Wildman–Crippen MR) is 122 cm³/mol. The van der Waals surface area contributed by atoms with Gasteiger partial charge in [-0.05, 0) is 63.8 Å². The van der Waals surface area contributed by atoms with Crippen LogP contribution in [0.25, 0.3) is 0 Å². The van der Waals surface area contributed by atoms with Gasteiger partial charge in [0.25, 0.3) is 0 Å². The molecular formula is C24H30N4O2. The minimum atomic E-state index is -0.321. The van der Waals surface area contributed by atoms with Crippen molar-refractivity contribution >= 4 is 24.2 Å². The fraction of sp³-hybridized carbons (Fsp3) is 0.333. The van der Waals surface area contributed by atoms with Gasteiger partial charge in [0.15, 0.2) is 0 Å². The molecule has 0 aliphatic rings. The molecule has 2 aromatic carbocycles. The number of amides is 2. The third kappa shape index (κ3) is 6.65. The molecule has 0 aliphatic heterocycles. The van der Waals surface area contributed by atoms with E-state index < -0.39 is 0 Å². The highest BCUT2D eigenvalue weighted by molar-refractivity contribution is 5.88. The maximum Gasteiger partial charge on any atom is 0.240 e. The van der Waals surface area contributed by atoms with E-state index in [0.29, 0.717) is 0 Å². The average molecular weight is 407 g/mol. The Morgan fingerprint density at radius 1 is 0.667 bits per heavy atom. The van der Waals surface area contributed by atoms with Crippen molar-refractivity contribution in [2.24, 2.45) is 10.2 Å². The van der Waals surface area contributed by atoms with E-state index >= 15 is 0 Å². The van der Waals surface area contributed by atoms with Gasteiger partial charge >= 0.3 is 0 Å². The maximum atomic E-state index is 11.9. The second-order valence-corrected chi connectivity index (χ2v) is 7.71. The van der Waals surface area contributed by atoms with Gasteiger partial charge < -0.3 is 0 Å². The summed E-state index contributed by atoms with van der Waals surface area (Å²) in [6.07, 6.45) is 3.34. The molecular weight excluding hydrogens is 376 g/mol. The molecule has 0 heterocycles. The van der Waals surface area contributed by atoms with Gasteiger partial charge in [0.05, 0.1) is 12.4 Å². The Morgan fingerprint density at radius 2 is 0.967 bits per heavy atom. The third-order valence-corrected chi connectivity index (χ3v) is 4.82. The summed E-state index contributed by atoms with van der Waals surface area (Å²) in [5.74, 6) is -0.643. The molecule has 2 aromatic rings. The summed E-state index contributed by atoms with van der Waals surface area (Å²) >= 11 is 0. The molecule has 0 saturated carbocycles. The molecule has 0 radical (unpaired) electrons. The molecule has 0 aliphatic carbocycles. The third-order valence-electron chi connectivity index (χ3n) is 4.82. The van der Waals surface area contributed by atoms with Crippen LogP contribution < -0.4 is 10.9 Å². The van der Waals surface area contributed by atoms with Crippen molar-refractivity contribution in [1.29, 1.82) is 0 Å². The first kappa shape index (κ1) is 23.0. The first-order valence-corrected chi connectivity index (χ1v) is 9.97. The van der Waals surface area contributed by atoms with Gasteiger partial charge in [-0.15, -0.1) is 0 Å². The largest absolute Gasteiger partial charge is 0.273 e. The lowest BCUT2D eigenvalue weighted by atomic mass is 10.0. The van der Waals surface area contributed by atoms with E-state index in [1.165, 1.54) is 11.1 Å². The van der Waals surface area contributed by atoms with Crippen molar-refractivity contribution in [1.82, 2.24) is 10.9 Å². The molecule has 6 heteroatoms. The van der Waals surface area contributed by atoms with Crippen molar-refractivity contribution in [3.05, 3.63) is 68.8 Å². The van der Waals surface area contributed by atoms with E-state index in [-0.39, 0.29) is 24.7 Å². The normalized spacial score (nSPS) is 11.3. The Labute approximate surface area is 178 Å². The van der Waals surface area contributed by atoms with Crippen LogP contribution in [0.5, 0.6) is 0 Å². The Balaban J connectivity index is 1.80. The number of aryl methyl sites for hydroxylation is 6. The SMILES string of the molecule is Cc1cc(C)c(C=NNC(=O)CCC(=O)NN=Cc2c(C)cc(C)cc2C)c(C)c1. The first-order valence-electron chi connectivity index (χ1n) is 9.97. The van der Waals surface area contributed by atoms with Crippen LogP contribution in [0.15, 0.2) is 34.5 Å². The zero-order valence-electron chi connectivity index (χ0n) is 18.6. The lowest BCUT2D eigenvalue weighted by molar-refractivity contribution is -0.126. The number of hydrogen-bond donors (Lipinski definition) is 2. The van der Waals surface area contributed by atoms with Crippen LogP contribution in [-0.2, 0) is 9.59 Å². The molecule has 2 amide bonds. The quantitative estimate of drug-likeness (QED) is 0.540. The number of hydrazone groups is 2. The standard InChI is InChI=1S/C24H30N4O2/c1-15-9-17(3)21(18(4)10-15)13-25-27-23(29)7-8-24(30)28-26-14-22-19(5)11-16(2)12-20(22)6/h9-14H,7-8H2,1-6H3,(H,27,29)(H,28,30). The fourth-order valence-electron chi connectivity index (χ4n) is 3.47. The van der Waals surface area contributed by atoms with E-state index in [9.17, 15) is 9.59 Å². The maximum absolute atomic E-state index is 11.9. The van der Waals surface area contributed by atoms with Crippen molar-refractivity contribution < 1.29 is 9.59 Å². The topological polar surface area (TPSA) is 82.9 Å². The monoisotopic (exact) mass is 406 g/mol. The van der Waals surface area contributed by atoms with E-state index in [2.05, 4.69) is 45.3 Å². The summed E-state index contributed by atoms with van der Waals surface area (Å²) in [7, 11) is 0. The Kier molecular flexibility index (Phi) is 8.04. The van der Waals surface area contributed by atoms with E-state index in [4.69, 9.17) is 0 Å². The summed E-state index contributed by atoms with van der Waals surface area (Å²) in [6, 6.07) is 8.28. The van der Waals surface area contributed by atoms with Gasteiger partial charge in [-0.25, -0.2) is 10.9 Å². The molecule has 0 spiro atoms. The molecule has 2 rings (SSSR count). The van der Waals surface area contributed by atoms with Crippen LogP contribution in [0.4, 0.5) is 0 Å². The zero-order valence-corrected chi connectivity index (χ0v) is 18.6. The lowest BCUT2D eigenvalue weighted by Crippen LogP contribution is -2.23. The Morgan fingerprint density at radius 3 is 1.27 bits per heavy atom. The second-order valence-electron chi connectivity index (χ2n) is 7.71. The summed E-state index contributed by atoms with van der Waals surface area (Å²) < 4.78 is 0. The fourth-order valence-corrected chi connectivity index (χ4v) is 3.47. The number of rotatable bonds is 7. The van der Waals surface area contributed by atoms with Crippen LogP contribution in [0.2, 0.25) is 0 Å². The summed E-state index contributed by atoms with van der Waals surface area (Å²) in [5, 5.41) is 8.03. The van der Waals surface area contributed by atoms with E-state index in [1.807, 2.05) is 41.5 Å². The van der Waals surface area contributed by atoms with Crippen LogP contribution in [0, 0.1) is 41.5 Å². The molecule has 0 aromatic heterocycles. The van der Waals surface area contributed by atoms with Crippen LogP contribution in [-0.4, -0.2) is 24.2 Å². The van der Waals surface area contributed by atoms with Crippen LogP contribution in [0.3, 0.4) is 0 Å². The van der Waals surface area contributed by atoms with Crippen molar-refractivity contribution in [3.63, 3.8) is 0 Å². The molecule has 6 nitrogen and oxygen atoms in total. The summed E-state index contributed by atoms with van der Waals surface area (Å²) in [6.45, 7) is 12.1. The number of carbonyl (C=O) groups excluding carboxylic acids is 2. The van der Waals surface area contributed by atoms with Gasteiger partial charge in [-0.1, -0.05) is 35.4 Å². The van der Waals surface area contributed by atoms with Gasteiger partial charge in [0.1, 0.15) is 0 Å². The molecule has 158 valence electrons. The summed E-state index contributed by atoms with van der Waals surface area (Å²) in [4.78, 5) is 23.9. The van der Waals surface area contributed by atoms with Gasteiger partial charge in [-0.2, -0.15) is 10.2 Å². The lowest BCUT2D eigenvalue weighted by Gasteiger charge is -2.07. The van der Waals surface area contributed by atoms with Gasteiger partial charge in [-0.3, -0.25) is 9.59 Å². The minimum Gasteiger partial charge on any atom is -0.273 e. The summed E-state index contributed by atoms with van der Waals surface area (Å²) in [5.41, 5.74) is 13.7. The number of carbonyl (C=O) groups is 2. The van der Waals surface area contributed by atoms with Gasteiger partial charge in [0, 0.05) is 24.0 Å². The van der Waals surface area contributed by atoms with E-state index in [0.717, 1.165) is 33.4 Å². The Bertz CT molecular complexity index is 879. The second kappa shape index (κ2) is 10.5. The van der Waals surface area contributed by atoms with Crippen LogP contribution >= 0.6 is 0 Å². The highest BCUT2D eigenvalue weighted by Crippen LogP contribution is 2.15. The van der Waals surface area contributed by atoms with Gasteiger partial charge in [0.2, 0.25) is 11.8 Å². The highest BCUT2D eigenvalue weighted by Gasteiger charge is 2.07. The number of hydrogen-bond acceptors (Lipinski definition) is 4. The number of nitrogens with one attached hydrogen (secondary N) is 2. The smallest absolute Gasteiger partial charge is 0.240 e. The van der Waals surface area contributed by atoms with Crippen LogP contribution in [0.1, 0.15) is 57.3 Å². The number of benzene rings is 2. The van der Waals surface area contributed by atoms with E-state index in [1.54, 1.807) is 12.4 Å². The van der Waals surface area contributed by atoms with Crippen molar-refractivity contribution in [2.45, 2.75) is 54.4 Å². The molecule has 0 fully saturated rings. The number of nitrogens with zero attached hydrogens (tertiary/aromatic N) is 2. The highest BCUT2D eigenvalue weighted by atomic mass is 16.2. The van der Waals surface area contributed by atoms with Crippen molar-refractivity contribution in [3.8, 4) is 0 Å². The molecule has 0 bridgehead atoms. The average Bonchev–Trinajstić information content (AvgIpc) is 2.64. The van der Waals surface area contributed by atoms with Crippen molar-refractivity contribution in [2.75, 3.05) is 0 Å². The predicted octanol–water partition coefficient (Wildman–Crippen LogP) is 3.92. The molecule has 0 unspecified atom stereocenters. The zero-order chi connectivity index (χ0) is 22.3. The minimum absolute atomic E-state index is 0.0349. The first-order chi connectivity index (χ1) is 14.2. The molecule has 0 saturated heterocycles. The molecule has 30 heavy (non-hydrogen) atoms. The molecule has 0 atom stereocenters. The Hall–Kier alpha value is -3.28. The molecule has 2 N–H and O–H groups in total.